The highest BCUT2D eigenvalue weighted by Gasteiger charge is 2.19. The van der Waals surface area contributed by atoms with Gasteiger partial charge in [0.15, 0.2) is 0 Å². The largest absolute Gasteiger partial charge is 0.356 e. The van der Waals surface area contributed by atoms with Crippen molar-refractivity contribution < 1.29 is 0 Å². The van der Waals surface area contributed by atoms with E-state index >= 15 is 0 Å². The smallest absolute Gasteiger partial charge is 0.105 e. The molecule has 1 saturated heterocycles. The fourth-order valence-corrected chi connectivity index (χ4v) is 1.53. The summed E-state index contributed by atoms with van der Waals surface area (Å²) < 4.78 is 0. The quantitative estimate of drug-likeness (QED) is 0.491. The molecule has 2 aliphatic heterocycles. The van der Waals surface area contributed by atoms with Crippen LogP contribution in [0.15, 0.2) is 16.8 Å². The second kappa shape index (κ2) is 2.11. The van der Waals surface area contributed by atoms with E-state index in [9.17, 15) is 0 Å². The Labute approximate surface area is 61.2 Å². The minimum atomic E-state index is 1.09. The number of hydrogen-bond acceptors (Lipinski definition) is 2. The molecule has 2 rings (SSSR count). The van der Waals surface area contributed by atoms with Crippen molar-refractivity contribution in [2.24, 2.45) is 4.99 Å². The minimum absolute atomic E-state index is 1.09. The first-order valence-electron chi connectivity index (χ1n) is 3.85. The lowest BCUT2D eigenvalue weighted by molar-refractivity contribution is 0.494. The van der Waals surface area contributed by atoms with Gasteiger partial charge in [-0.15, -0.1) is 0 Å². The molecular weight excluding hydrogens is 124 g/mol. The van der Waals surface area contributed by atoms with Crippen molar-refractivity contribution >= 4 is 5.84 Å². The van der Waals surface area contributed by atoms with Crippen LogP contribution in [0, 0.1) is 0 Å². The van der Waals surface area contributed by atoms with Gasteiger partial charge in [0.25, 0.3) is 0 Å². The van der Waals surface area contributed by atoms with Crippen molar-refractivity contribution in [3.63, 3.8) is 0 Å². The lowest BCUT2D eigenvalue weighted by atomic mass is 10.3. The second-order valence-electron chi connectivity index (χ2n) is 2.92. The molecule has 54 valence electrons. The van der Waals surface area contributed by atoms with Crippen molar-refractivity contribution in [2.45, 2.75) is 19.8 Å². The fraction of sp³-hybridized carbons (Fsp3) is 0.625. The highest BCUT2D eigenvalue weighted by Crippen LogP contribution is 2.17. The Kier molecular flexibility index (Phi) is 1.26. The predicted octanol–water partition coefficient (Wildman–Crippen LogP) is 1.40. The SMILES string of the molecule is CC1=CCN2CCCC2=N1. The maximum Gasteiger partial charge on any atom is 0.105 e. The topological polar surface area (TPSA) is 15.6 Å². The normalized spacial score (nSPS) is 23.9. The molecule has 2 heterocycles. The highest BCUT2D eigenvalue weighted by molar-refractivity contribution is 5.85. The van der Waals surface area contributed by atoms with Gasteiger partial charge < -0.3 is 4.90 Å². The zero-order valence-electron chi connectivity index (χ0n) is 6.30. The van der Waals surface area contributed by atoms with Gasteiger partial charge in [-0.25, -0.2) is 4.99 Å². The van der Waals surface area contributed by atoms with E-state index in [1.165, 1.54) is 30.9 Å². The van der Waals surface area contributed by atoms with Crippen LogP contribution in [0.2, 0.25) is 0 Å². The van der Waals surface area contributed by atoms with E-state index in [1.54, 1.807) is 0 Å². The van der Waals surface area contributed by atoms with E-state index in [4.69, 9.17) is 0 Å². The molecule has 0 aromatic carbocycles. The zero-order valence-corrected chi connectivity index (χ0v) is 6.30. The summed E-state index contributed by atoms with van der Waals surface area (Å²) in [5.74, 6) is 1.31. The molecule has 0 amide bonds. The van der Waals surface area contributed by atoms with Crippen molar-refractivity contribution in [3.05, 3.63) is 11.8 Å². The number of amidine groups is 1. The maximum atomic E-state index is 4.45. The molecule has 10 heavy (non-hydrogen) atoms. The number of nitrogens with zero attached hydrogens (tertiary/aromatic N) is 2. The van der Waals surface area contributed by atoms with Crippen LogP contribution in [0.3, 0.4) is 0 Å². The molecule has 0 spiro atoms. The molecule has 2 nitrogen and oxygen atoms in total. The van der Waals surface area contributed by atoms with Gasteiger partial charge in [0.1, 0.15) is 5.84 Å². The molecule has 2 aliphatic rings. The third kappa shape index (κ3) is 0.838. The van der Waals surface area contributed by atoms with Crippen molar-refractivity contribution in [2.75, 3.05) is 13.1 Å². The summed E-state index contributed by atoms with van der Waals surface area (Å²) in [6.45, 7) is 4.37. The summed E-state index contributed by atoms with van der Waals surface area (Å²) in [5, 5.41) is 0. The van der Waals surface area contributed by atoms with Gasteiger partial charge in [-0.3, -0.25) is 0 Å². The Bertz CT molecular complexity index is 203. The number of rotatable bonds is 0. The van der Waals surface area contributed by atoms with Crippen LogP contribution in [0.25, 0.3) is 0 Å². The van der Waals surface area contributed by atoms with Gasteiger partial charge in [-0.05, 0) is 19.4 Å². The Hall–Kier alpha value is -0.790. The average molecular weight is 136 g/mol. The van der Waals surface area contributed by atoms with E-state index in [2.05, 4.69) is 22.9 Å². The van der Waals surface area contributed by atoms with Crippen LogP contribution < -0.4 is 0 Å². The van der Waals surface area contributed by atoms with Crippen LogP contribution in [0.5, 0.6) is 0 Å². The number of hydrogen-bond donors (Lipinski definition) is 0. The zero-order chi connectivity index (χ0) is 6.97. The lowest BCUT2D eigenvalue weighted by Crippen LogP contribution is -2.27. The minimum Gasteiger partial charge on any atom is -0.356 e. The van der Waals surface area contributed by atoms with E-state index in [1.807, 2.05) is 0 Å². The standard InChI is InChI=1S/C8H12N2/c1-7-4-6-10-5-2-3-8(10)9-7/h4H,2-3,5-6H2,1H3. The summed E-state index contributed by atoms with van der Waals surface area (Å²) in [5.41, 5.74) is 1.19. The van der Waals surface area contributed by atoms with Crippen LogP contribution in [0.1, 0.15) is 19.8 Å². The van der Waals surface area contributed by atoms with E-state index in [-0.39, 0.29) is 0 Å². The van der Waals surface area contributed by atoms with Gasteiger partial charge in [0, 0.05) is 25.2 Å². The molecule has 1 fully saturated rings. The lowest BCUT2D eigenvalue weighted by Gasteiger charge is -2.20. The maximum absolute atomic E-state index is 4.45. The first-order valence-corrected chi connectivity index (χ1v) is 3.85. The molecule has 0 N–H and O–H groups in total. The molecule has 0 bridgehead atoms. The van der Waals surface area contributed by atoms with Gasteiger partial charge in [-0.2, -0.15) is 0 Å². The summed E-state index contributed by atoms with van der Waals surface area (Å²) >= 11 is 0. The highest BCUT2D eigenvalue weighted by atomic mass is 15.2. The summed E-state index contributed by atoms with van der Waals surface area (Å²) in [6, 6.07) is 0. The Morgan fingerprint density at radius 1 is 1.60 bits per heavy atom. The fourth-order valence-electron chi connectivity index (χ4n) is 1.53. The van der Waals surface area contributed by atoms with Gasteiger partial charge in [0.2, 0.25) is 0 Å². The van der Waals surface area contributed by atoms with Crippen LogP contribution in [-0.4, -0.2) is 23.8 Å². The van der Waals surface area contributed by atoms with Gasteiger partial charge >= 0.3 is 0 Å². The third-order valence-electron chi connectivity index (χ3n) is 2.11. The molecule has 0 atom stereocenters. The van der Waals surface area contributed by atoms with Crippen molar-refractivity contribution in [1.29, 1.82) is 0 Å². The van der Waals surface area contributed by atoms with E-state index in [0.29, 0.717) is 0 Å². The number of aliphatic imine (C=N–C) groups is 1. The molecule has 0 radical (unpaired) electrons. The number of allylic oxidation sites excluding steroid dienone is 1. The molecule has 0 aromatic heterocycles. The van der Waals surface area contributed by atoms with Gasteiger partial charge in [-0.1, -0.05) is 0 Å². The van der Waals surface area contributed by atoms with Crippen LogP contribution in [-0.2, 0) is 0 Å². The third-order valence-corrected chi connectivity index (χ3v) is 2.11. The summed E-state index contributed by atoms with van der Waals surface area (Å²) in [4.78, 5) is 6.80. The Morgan fingerprint density at radius 2 is 2.50 bits per heavy atom. The van der Waals surface area contributed by atoms with Gasteiger partial charge in [0.05, 0.1) is 0 Å². The average Bonchev–Trinajstić information content (AvgIpc) is 2.33. The molecule has 0 aliphatic carbocycles. The Morgan fingerprint density at radius 3 is 3.40 bits per heavy atom. The number of fused-ring (bicyclic) bond motifs is 1. The Balaban J connectivity index is 2.24. The first-order chi connectivity index (χ1) is 4.86. The van der Waals surface area contributed by atoms with E-state index < -0.39 is 0 Å². The van der Waals surface area contributed by atoms with Crippen LogP contribution in [0.4, 0.5) is 0 Å². The predicted molar refractivity (Wildman–Crippen MR) is 42.0 cm³/mol. The van der Waals surface area contributed by atoms with Crippen LogP contribution >= 0.6 is 0 Å². The molecule has 0 unspecified atom stereocenters. The second-order valence-corrected chi connectivity index (χ2v) is 2.92. The summed E-state index contributed by atoms with van der Waals surface area (Å²) in [7, 11) is 0. The first kappa shape index (κ1) is 5.96. The monoisotopic (exact) mass is 136 g/mol. The van der Waals surface area contributed by atoms with Crippen molar-refractivity contribution in [3.8, 4) is 0 Å². The molecule has 0 aromatic rings. The van der Waals surface area contributed by atoms with E-state index in [0.717, 1.165) is 6.54 Å². The van der Waals surface area contributed by atoms with Crippen molar-refractivity contribution in [1.82, 2.24) is 4.90 Å². The molecular formula is C8H12N2. The molecule has 2 heteroatoms. The molecule has 0 saturated carbocycles. The summed E-state index contributed by atoms with van der Waals surface area (Å²) in [6.07, 6.45) is 4.67.